The highest BCUT2D eigenvalue weighted by molar-refractivity contribution is 5.76. The van der Waals surface area contributed by atoms with Gasteiger partial charge in [0.25, 0.3) is 0 Å². The Labute approximate surface area is 109 Å². The molecule has 19 heavy (non-hydrogen) atoms. The number of carboxylic acid groups (broad SMARTS) is 1. The average Bonchev–Trinajstić information content (AvgIpc) is 2.39. The van der Waals surface area contributed by atoms with E-state index < -0.39 is 11.9 Å². The summed E-state index contributed by atoms with van der Waals surface area (Å²) in [5, 5.41) is 18.5. The van der Waals surface area contributed by atoms with Crippen LogP contribution in [0.4, 0.5) is 4.39 Å². The first-order valence-corrected chi connectivity index (χ1v) is 5.82. The van der Waals surface area contributed by atoms with Crippen molar-refractivity contribution in [3.63, 3.8) is 0 Å². The molecule has 0 aliphatic heterocycles. The Hall–Kier alpha value is -2.36. The molecule has 2 rings (SSSR count). The van der Waals surface area contributed by atoms with Gasteiger partial charge in [-0.05, 0) is 41.8 Å². The molecule has 2 aromatic rings. The Balaban J connectivity index is 2.23. The maximum Gasteiger partial charge on any atom is 0.311 e. The van der Waals surface area contributed by atoms with Gasteiger partial charge in [0.2, 0.25) is 0 Å². The molecule has 0 bridgehead atoms. The third-order valence-corrected chi connectivity index (χ3v) is 2.95. The van der Waals surface area contributed by atoms with Gasteiger partial charge < -0.3 is 10.2 Å². The van der Waals surface area contributed by atoms with Gasteiger partial charge >= 0.3 is 5.97 Å². The smallest absolute Gasteiger partial charge is 0.311 e. The van der Waals surface area contributed by atoms with Crippen LogP contribution in [-0.4, -0.2) is 16.2 Å². The topological polar surface area (TPSA) is 57.5 Å². The highest BCUT2D eigenvalue weighted by Gasteiger charge is 2.20. The van der Waals surface area contributed by atoms with Gasteiger partial charge in [0.15, 0.2) is 0 Å². The Morgan fingerprint density at radius 3 is 2.16 bits per heavy atom. The summed E-state index contributed by atoms with van der Waals surface area (Å²) in [6.07, 6.45) is 0.278. The summed E-state index contributed by atoms with van der Waals surface area (Å²) in [5.41, 5.74) is 1.36. The van der Waals surface area contributed by atoms with E-state index in [4.69, 9.17) is 0 Å². The first-order valence-electron chi connectivity index (χ1n) is 5.82. The highest BCUT2D eigenvalue weighted by atomic mass is 19.1. The van der Waals surface area contributed by atoms with E-state index >= 15 is 0 Å². The van der Waals surface area contributed by atoms with Gasteiger partial charge in [-0.25, -0.2) is 4.39 Å². The molecule has 3 nitrogen and oxygen atoms in total. The second-order valence-corrected chi connectivity index (χ2v) is 4.31. The molecule has 0 aliphatic carbocycles. The zero-order valence-corrected chi connectivity index (χ0v) is 10.1. The number of rotatable bonds is 4. The standard InChI is InChI=1S/C15H13FO3/c16-12-5-1-10(2-6-12)9-14(15(18)19)11-3-7-13(17)8-4-11/h1-8,14,17H,9H2,(H,18,19). The van der Waals surface area contributed by atoms with Crippen LogP contribution in [0.15, 0.2) is 48.5 Å². The molecule has 0 fully saturated rings. The molecule has 0 saturated carbocycles. The van der Waals surface area contributed by atoms with E-state index in [1.54, 1.807) is 24.3 Å². The lowest BCUT2D eigenvalue weighted by molar-refractivity contribution is -0.138. The van der Waals surface area contributed by atoms with Gasteiger partial charge in [0.1, 0.15) is 11.6 Å². The maximum atomic E-state index is 12.8. The monoisotopic (exact) mass is 260 g/mol. The zero-order chi connectivity index (χ0) is 13.8. The van der Waals surface area contributed by atoms with Crippen LogP contribution in [0.3, 0.4) is 0 Å². The predicted octanol–water partition coefficient (Wildman–Crippen LogP) is 2.94. The normalized spacial score (nSPS) is 12.1. The van der Waals surface area contributed by atoms with Gasteiger partial charge in [0.05, 0.1) is 5.92 Å². The number of hydrogen-bond donors (Lipinski definition) is 2. The fourth-order valence-corrected chi connectivity index (χ4v) is 1.91. The minimum Gasteiger partial charge on any atom is -0.508 e. The second-order valence-electron chi connectivity index (χ2n) is 4.31. The number of aromatic hydroxyl groups is 1. The Morgan fingerprint density at radius 1 is 1.05 bits per heavy atom. The molecule has 1 atom stereocenters. The fraction of sp³-hybridized carbons (Fsp3) is 0.133. The van der Waals surface area contributed by atoms with E-state index in [1.165, 1.54) is 24.3 Å². The number of benzene rings is 2. The van der Waals surface area contributed by atoms with E-state index in [9.17, 15) is 19.4 Å². The van der Waals surface area contributed by atoms with Crippen LogP contribution in [0.5, 0.6) is 5.75 Å². The number of aliphatic carboxylic acids is 1. The molecule has 0 saturated heterocycles. The third-order valence-electron chi connectivity index (χ3n) is 2.95. The van der Waals surface area contributed by atoms with Crippen molar-refractivity contribution >= 4 is 5.97 Å². The van der Waals surface area contributed by atoms with Crippen LogP contribution >= 0.6 is 0 Å². The van der Waals surface area contributed by atoms with Crippen molar-refractivity contribution in [1.82, 2.24) is 0 Å². The molecule has 0 heterocycles. The largest absolute Gasteiger partial charge is 0.508 e. The van der Waals surface area contributed by atoms with Crippen LogP contribution in [-0.2, 0) is 11.2 Å². The lowest BCUT2D eigenvalue weighted by Gasteiger charge is -2.13. The van der Waals surface area contributed by atoms with E-state index in [0.29, 0.717) is 5.56 Å². The quantitative estimate of drug-likeness (QED) is 0.888. The summed E-state index contributed by atoms with van der Waals surface area (Å²) in [5.74, 6) is -1.92. The molecular formula is C15H13FO3. The summed E-state index contributed by atoms with van der Waals surface area (Å²) in [7, 11) is 0. The van der Waals surface area contributed by atoms with Crippen LogP contribution in [0.25, 0.3) is 0 Å². The molecule has 0 spiro atoms. The number of carbonyl (C=O) groups is 1. The highest BCUT2D eigenvalue weighted by Crippen LogP contribution is 2.23. The molecule has 4 heteroatoms. The predicted molar refractivity (Wildman–Crippen MR) is 68.6 cm³/mol. The third kappa shape index (κ3) is 3.31. The average molecular weight is 260 g/mol. The van der Waals surface area contributed by atoms with Gasteiger partial charge in [-0.2, -0.15) is 0 Å². The van der Waals surface area contributed by atoms with Crippen molar-refractivity contribution in [1.29, 1.82) is 0 Å². The number of hydrogen-bond acceptors (Lipinski definition) is 2. The van der Waals surface area contributed by atoms with Crippen LogP contribution in [0.1, 0.15) is 17.0 Å². The summed E-state index contributed by atoms with van der Waals surface area (Å²) in [6.45, 7) is 0. The molecule has 0 aliphatic rings. The summed E-state index contributed by atoms with van der Waals surface area (Å²) < 4.78 is 12.8. The van der Waals surface area contributed by atoms with Crippen LogP contribution < -0.4 is 0 Å². The molecule has 0 radical (unpaired) electrons. The van der Waals surface area contributed by atoms with Crippen molar-refractivity contribution in [2.24, 2.45) is 0 Å². The van der Waals surface area contributed by atoms with Crippen molar-refractivity contribution in [3.8, 4) is 5.75 Å². The molecule has 1 unspecified atom stereocenters. The number of halogens is 1. The Morgan fingerprint density at radius 2 is 1.63 bits per heavy atom. The molecular weight excluding hydrogens is 247 g/mol. The first kappa shape index (κ1) is 13.1. The molecule has 2 N–H and O–H groups in total. The second kappa shape index (κ2) is 5.52. The number of phenolic OH excluding ortho intramolecular Hbond substituents is 1. The lowest BCUT2D eigenvalue weighted by Crippen LogP contribution is -2.14. The molecule has 98 valence electrons. The Kier molecular flexibility index (Phi) is 3.80. The van der Waals surface area contributed by atoms with Gasteiger partial charge in [0, 0.05) is 0 Å². The first-order chi connectivity index (χ1) is 9.06. The summed E-state index contributed by atoms with van der Waals surface area (Å²) in [4.78, 5) is 11.3. The molecule has 2 aromatic carbocycles. The number of phenols is 1. The minimum absolute atomic E-state index is 0.0923. The zero-order valence-electron chi connectivity index (χ0n) is 10.1. The van der Waals surface area contributed by atoms with Crippen molar-refractivity contribution < 1.29 is 19.4 Å². The van der Waals surface area contributed by atoms with E-state index in [1.807, 2.05) is 0 Å². The molecule has 0 aromatic heterocycles. The van der Waals surface area contributed by atoms with Crippen molar-refractivity contribution in [2.45, 2.75) is 12.3 Å². The summed E-state index contributed by atoms with van der Waals surface area (Å²) >= 11 is 0. The van der Waals surface area contributed by atoms with Crippen LogP contribution in [0.2, 0.25) is 0 Å². The van der Waals surface area contributed by atoms with E-state index in [0.717, 1.165) is 5.56 Å². The van der Waals surface area contributed by atoms with E-state index in [2.05, 4.69) is 0 Å². The van der Waals surface area contributed by atoms with E-state index in [-0.39, 0.29) is 18.0 Å². The van der Waals surface area contributed by atoms with Gasteiger partial charge in [-0.15, -0.1) is 0 Å². The van der Waals surface area contributed by atoms with Gasteiger partial charge in [-0.3, -0.25) is 4.79 Å². The van der Waals surface area contributed by atoms with Crippen LogP contribution in [0, 0.1) is 5.82 Å². The van der Waals surface area contributed by atoms with Crippen molar-refractivity contribution in [2.75, 3.05) is 0 Å². The van der Waals surface area contributed by atoms with Gasteiger partial charge in [-0.1, -0.05) is 24.3 Å². The fourth-order valence-electron chi connectivity index (χ4n) is 1.91. The maximum absolute atomic E-state index is 12.8. The Bertz CT molecular complexity index is 561. The van der Waals surface area contributed by atoms with Crippen molar-refractivity contribution in [3.05, 3.63) is 65.5 Å². The number of carboxylic acids is 1. The minimum atomic E-state index is -0.949. The summed E-state index contributed by atoms with van der Waals surface area (Å²) in [6, 6.07) is 11.8. The SMILES string of the molecule is O=C(O)C(Cc1ccc(F)cc1)c1ccc(O)cc1. The lowest BCUT2D eigenvalue weighted by atomic mass is 9.92. The molecule has 0 amide bonds.